The molecule has 1 rings (SSSR count). The Labute approximate surface area is 85.2 Å². The van der Waals surface area contributed by atoms with Crippen LogP contribution in [0.1, 0.15) is 33.6 Å². The summed E-state index contributed by atoms with van der Waals surface area (Å²) in [5.74, 6) is -0.308. The number of rotatable bonds is 2. The molecule has 0 radical (unpaired) electrons. The van der Waals surface area contributed by atoms with Gasteiger partial charge in [-0.25, -0.2) is 0 Å². The molecule has 4 heteroatoms. The fourth-order valence-electron chi connectivity index (χ4n) is 1.55. The maximum absolute atomic E-state index is 11.6. The highest BCUT2D eigenvalue weighted by atomic mass is 16.6. The van der Waals surface area contributed by atoms with Gasteiger partial charge in [0.1, 0.15) is 11.6 Å². The lowest BCUT2D eigenvalue weighted by atomic mass is 10.1. The highest BCUT2D eigenvalue weighted by Crippen LogP contribution is 2.13. The predicted molar refractivity (Wildman–Crippen MR) is 54.8 cm³/mol. The molecule has 0 spiro atoms. The Bertz CT molecular complexity index is 205. The minimum Gasteiger partial charge on any atom is -0.459 e. The van der Waals surface area contributed by atoms with Crippen molar-refractivity contribution in [3.05, 3.63) is 0 Å². The molecule has 0 amide bonds. The van der Waals surface area contributed by atoms with Gasteiger partial charge in [-0.2, -0.15) is 0 Å². The molecule has 3 N–H and O–H groups in total. The number of nitrogens with one attached hydrogen (secondary N) is 1. The van der Waals surface area contributed by atoms with Crippen LogP contribution < -0.4 is 11.1 Å². The Balaban J connectivity index is 2.43. The van der Waals surface area contributed by atoms with Crippen LogP contribution in [0.15, 0.2) is 0 Å². The first kappa shape index (κ1) is 11.5. The summed E-state index contributed by atoms with van der Waals surface area (Å²) < 4.78 is 5.21. The smallest absolute Gasteiger partial charge is 0.325 e. The van der Waals surface area contributed by atoms with E-state index in [1.165, 1.54) is 0 Å². The summed E-state index contributed by atoms with van der Waals surface area (Å²) in [5.41, 5.74) is 5.34. The minimum atomic E-state index is -0.531. The average Bonchev–Trinajstić information content (AvgIpc) is 2.51. The first-order chi connectivity index (χ1) is 6.40. The Morgan fingerprint density at radius 3 is 2.64 bits per heavy atom. The second-order valence-corrected chi connectivity index (χ2v) is 4.76. The highest BCUT2D eigenvalue weighted by molar-refractivity contribution is 5.76. The summed E-state index contributed by atoms with van der Waals surface area (Å²) in [4.78, 5) is 11.6. The molecular weight excluding hydrogens is 180 g/mol. The molecule has 0 bridgehead atoms. The quantitative estimate of drug-likeness (QED) is 0.634. The van der Waals surface area contributed by atoms with Crippen LogP contribution in [0.4, 0.5) is 0 Å². The van der Waals surface area contributed by atoms with Crippen LogP contribution >= 0.6 is 0 Å². The Kier molecular flexibility index (Phi) is 3.50. The highest BCUT2D eigenvalue weighted by Gasteiger charge is 2.30. The molecule has 1 unspecified atom stereocenters. The molecule has 2 atom stereocenters. The van der Waals surface area contributed by atoms with Gasteiger partial charge in [0.15, 0.2) is 0 Å². The van der Waals surface area contributed by atoms with Crippen LogP contribution in [0.2, 0.25) is 0 Å². The number of hydrogen-bond donors (Lipinski definition) is 2. The maximum Gasteiger partial charge on any atom is 0.325 e. The molecule has 1 heterocycles. The van der Waals surface area contributed by atoms with Gasteiger partial charge in [0.25, 0.3) is 0 Å². The van der Waals surface area contributed by atoms with Gasteiger partial charge in [-0.1, -0.05) is 0 Å². The van der Waals surface area contributed by atoms with E-state index < -0.39 is 11.6 Å². The number of hydrogen-bond acceptors (Lipinski definition) is 4. The molecule has 0 aliphatic carbocycles. The molecule has 0 aromatic rings. The molecule has 0 saturated carbocycles. The van der Waals surface area contributed by atoms with Crippen molar-refractivity contribution in [2.75, 3.05) is 6.54 Å². The van der Waals surface area contributed by atoms with E-state index in [9.17, 15) is 4.79 Å². The summed E-state index contributed by atoms with van der Waals surface area (Å²) in [6.45, 7) is 6.49. The van der Waals surface area contributed by atoms with Crippen LogP contribution in [0, 0.1) is 0 Å². The van der Waals surface area contributed by atoms with E-state index in [1.807, 2.05) is 20.8 Å². The summed E-state index contributed by atoms with van der Waals surface area (Å²) in [6, 6.07) is -0.443. The standard InChI is InChI=1S/C10H20N2O2/c1-10(2,3)14-9(13)8(11)7-5-4-6-12-7/h7-8,12H,4-6,11H2,1-3H3/t7?,8-/m1/s1. The Hall–Kier alpha value is -0.610. The van der Waals surface area contributed by atoms with Gasteiger partial charge in [-0.15, -0.1) is 0 Å². The summed E-state index contributed by atoms with van der Waals surface area (Å²) in [6.07, 6.45) is 2.04. The number of nitrogens with two attached hydrogens (primary N) is 1. The van der Waals surface area contributed by atoms with E-state index in [-0.39, 0.29) is 12.0 Å². The normalized spacial score (nSPS) is 24.7. The molecule has 0 aromatic carbocycles. The van der Waals surface area contributed by atoms with Crippen molar-refractivity contribution in [1.82, 2.24) is 5.32 Å². The number of carbonyl (C=O) groups is 1. The third-order valence-electron chi connectivity index (χ3n) is 2.21. The third-order valence-corrected chi connectivity index (χ3v) is 2.21. The van der Waals surface area contributed by atoms with Crippen molar-refractivity contribution < 1.29 is 9.53 Å². The van der Waals surface area contributed by atoms with E-state index in [4.69, 9.17) is 10.5 Å². The van der Waals surface area contributed by atoms with Crippen LogP contribution in [0.5, 0.6) is 0 Å². The zero-order valence-electron chi connectivity index (χ0n) is 9.17. The number of esters is 1. The lowest BCUT2D eigenvalue weighted by molar-refractivity contribution is -0.157. The van der Waals surface area contributed by atoms with Crippen LogP contribution in [-0.4, -0.2) is 30.2 Å². The fraction of sp³-hybridized carbons (Fsp3) is 0.900. The molecule has 82 valence electrons. The average molecular weight is 200 g/mol. The molecule has 1 aliphatic heterocycles. The van der Waals surface area contributed by atoms with E-state index in [1.54, 1.807) is 0 Å². The zero-order chi connectivity index (χ0) is 10.8. The van der Waals surface area contributed by atoms with E-state index in [0.717, 1.165) is 19.4 Å². The summed E-state index contributed by atoms with van der Waals surface area (Å²) in [7, 11) is 0. The van der Waals surface area contributed by atoms with E-state index >= 15 is 0 Å². The Morgan fingerprint density at radius 2 is 2.21 bits per heavy atom. The lowest BCUT2D eigenvalue weighted by Crippen LogP contribution is -2.49. The first-order valence-corrected chi connectivity index (χ1v) is 5.12. The summed E-state index contributed by atoms with van der Waals surface area (Å²) >= 11 is 0. The van der Waals surface area contributed by atoms with Gasteiger partial charge in [0.2, 0.25) is 0 Å². The van der Waals surface area contributed by atoms with Gasteiger partial charge in [-0.3, -0.25) is 4.79 Å². The van der Waals surface area contributed by atoms with Crippen molar-refractivity contribution in [3.63, 3.8) is 0 Å². The van der Waals surface area contributed by atoms with Crippen molar-refractivity contribution in [2.24, 2.45) is 5.73 Å². The van der Waals surface area contributed by atoms with E-state index in [0.29, 0.717) is 0 Å². The fourth-order valence-corrected chi connectivity index (χ4v) is 1.55. The number of ether oxygens (including phenoxy) is 1. The van der Waals surface area contributed by atoms with Crippen molar-refractivity contribution in [1.29, 1.82) is 0 Å². The van der Waals surface area contributed by atoms with Crippen molar-refractivity contribution in [3.8, 4) is 0 Å². The van der Waals surface area contributed by atoms with Crippen molar-refractivity contribution in [2.45, 2.75) is 51.3 Å². The van der Waals surface area contributed by atoms with Gasteiger partial charge in [-0.05, 0) is 40.2 Å². The minimum absolute atomic E-state index is 0.0878. The monoisotopic (exact) mass is 200 g/mol. The van der Waals surface area contributed by atoms with Gasteiger partial charge < -0.3 is 15.8 Å². The molecule has 14 heavy (non-hydrogen) atoms. The zero-order valence-corrected chi connectivity index (χ0v) is 9.17. The third kappa shape index (κ3) is 3.27. The topological polar surface area (TPSA) is 64.3 Å². The first-order valence-electron chi connectivity index (χ1n) is 5.12. The van der Waals surface area contributed by atoms with Gasteiger partial charge in [0, 0.05) is 6.04 Å². The maximum atomic E-state index is 11.6. The predicted octanol–water partition coefficient (Wildman–Crippen LogP) is 0.407. The second kappa shape index (κ2) is 4.28. The summed E-state index contributed by atoms with van der Waals surface area (Å²) in [5, 5.41) is 3.20. The second-order valence-electron chi connectivity index (χ2n) is 4.76. The van der Waals surface area contributed by atoms with E-state index in [2.05, 4.69) is 5.32 Å². The largest absolute Gasteiger partial charge is 0.459 e. The molecule has 1 saturated heterocycles. The van der Waals surface area contributed by atoms with Crippen LogP contribution in [0.25, 0.3) is 0 Å². The molecule has 1 fully saturated rings. The van der Waals surface area contributed by atoms with Crippen LogP contribution in [-0.2, 0) is 9.53 Å². The molecule has 4 nitrogen and oxygen atoms in total. The number of carbonyl (C=O) groups excluding carboxylic acids is 1. The van der Waals surface area contributed by atoms with Crippen LogP contribution in [0.3, 0.4) is 0 Å². The SMILES string of the molecule is CC(C)(C)OC(=O)[C@H](N)C1CCCN1. The molecule has 1 aliphatic rings. The molecule has 0 aromatic heterocycles. The Morgan fingerprint density at radius 1 is 1.57 bits per heavy atom. The van der Waals surface area contributed by atoms with Gasteiger partial charge in [0.05, 0.1) is 0 Å². The molecular formula is C10H20N2O2. The van der Waals surface area contributed by atoms with Gasteiger partial charge >= 0.3 is 5.97 Å². The lowest BCUT2D eigenvalue weighted by Gasteiger charge is -2.24. The van der Waals surface area contributed by atoms with Crippen molar-refractivity contribution >= 4 is 5.97 Å².